The van der Waals surface area contributed by atoms with Gasteiger partial charge >= 0.3 is 11.9 Å². The second-order valence-corrected chi connectivity index (χ2v) is 8.32. The van der Waals surface area contributed by atoms with Crippen LogP contribution >= 0.6 is 0 Å². The molecule has 2 aromatic rings. The van der Waals surface area contributed by atoms with Crippen LogP contribution in [0.2, 0.25) is 0 Å². The number of hydrogen-bond donors (Lipinski definition) is 3. The van der Waals surface area contributed by atoms with E-state index in [0.717, 1.165) is 30.0 Å². The molecule has 2 aromatic carbocycles. The highest BCUT2D eigenvalue weighted by Crippen LogP contribution is 2.43. The second-order valence-electron chi connectivity index (χ2n) is 8.32. The van der Waals surface area contributed by atoms with E-state index >= 15 is 0 Å². The number of methoxy groups -OCH3 is 4. The van der Waals surface area contributed by atoms with E-state index in [-0.39, 0.29) is 0 Å². The third-order valence-corrected chi connectivity index (χ3v) is 5.97. The van der Waals surface area contributed by atoms with Crippen LogP contribution in [0.3, 0.4) is 0 Å². The Labute approximate surface area is 234 Å². The highest BCUT2D eigenvalue weighted by Gasteiger charge is 2.32. The molecule has 0 aliphatic carbocycles. The molecule has 0 spiro atoms. The summed E-state index contributed by atoms with van der Waals surface area (Å²) in [6.07, 6.45) is 3.34. The van der Waals surface area contributed by atoms with Gasteiger partial charge in [0.1, 0.15) is 6.61 Å². The zero-order valence-corrected chi connectivity index (χ0v) is 23.6. The fourth-order valence-corrected chi connectivity index (χ4v) is 3.84. The molecule has 0 aliphatic heterocycles. The molecule has 11 heteroatoms. The monoisotopic (exact) mass is 558 g/mol. The van der Waals surface area contributed by atoms with E-state index in [9.17, 15) is 14.9 Å². The third-order valence-electron chi connectivity index (χ3n) is 5.97. The molecular weight excluding hydrogens is 520 g/mol. The summed E-state index contributed by atoms with van der Waals surface area (Å²) in [4.78, 5) is 19.1. The van der Waals surface area contributed by atoms with Crippen LogP contribution in [0.5, 0.6) is 28.7 Å². The topological polar surface area (TPSA) is 157 Å². The third kappa shape index (κ3) is 10.4. The summed E-state index contributed by atoms with van der Waals surface area (Å²) in [6.45, 7) is 4.04. The summed E-state index contributed by atoms with van der Waals surface area (Å²) in [5, 5.41) is 29.1. The van der Waals surface area contributed by atoms with Gasteiger partial charge in [-0.25, -0.2) is 9.59 Å². The van der Waals surface area contributed by atoms with Crippen molar-refractivity contribution in [3.63, 3.8) is 0 Å². The zero-order valence-electron chi connectivity index (χ0n) is 23.6. The maximum atomic E-state index is 10.1. The van der Waals surface area contributed by atoms with Crippen molar-refractivity contribution in [2.24, 2.45) is 0 Å². The van der Waals surface area contributed by atoms with E-state index in [2.05, 4.69) is 11.4 Å². The van der Waals surface area contributed by atoms with Gasteiger partial charge in [-0.15, -0.1) is 0 Å². The van der Waals surface area contributed by atoms with E-state index in [1.54, 1.807) is 28.4 Å². The van der Waals surface area contributed by atoms with Gasteiger partial charge in [0.15, 0.2) is 23.0 Å². The van der Waals surface area contributed by atoms with E-state index in [0.29, 0.717) is 55.4 Å². The Morgan fingerprint density at radius 2 is 1.45 bits per heavy atom. The molecule has 0 saturated heterocycles. The number of nitrogens with zero attached hydrogens (tertiary/aromatic N) is 1. The van der Waals surface area contributed by atoms with Crippen molar-refractivity contribution in [3.05, 3.63) is 54.1 Å². The molecule has 0 radical (unpaired) electrons. The lowest BCUT2D eigenvalue weighted by molar-refractivity contribution is -0.134. The van der Waals surface area contributed by atoms with Crippen molar-refractivity contribution >= 4 is 11.9 Å². The maximum absolute atomic E-state index is 10.1. The van der Waals surface area contributed by atoms with Gasteiger partial charge in [-0.05, 0) is 55.6 Å². The largest absolute Gasteiger partial charge is 0.493 e. The molecule has 2 rings (SSSR count). The molecule has 1 unspecified atom stereocenters. The van der Waals surface area contributed by atoms with Gasteiger partial charge in [0.05, 0.1) is 39.9 Å². The van der Waals surface area contributed by atoms with Crippen LogP contribution in [-0.2, 0) is 15.0 Å². The first-order chi connectivity index (χ1) is 19.2. The van der Waals surface area contributed by atoms with Crippen LogP contribution in [0, 0.1) is 11.3 Å². The van der Waals surface area contributed by atoms with E-state index < -0.39 is 17.4 Å². The predicted molar refractivity (Wildman–Crippen MR) is 149 cm³/mol. The highest BCUT2D eigenvalue weighted by atomic mass is 16.5. The van der Waals surface area contributed by atoms with Crippen molar-refractivity contribution < 1.29 is 43.5 Å². The van der Waals surface area contributed by atoms with Crippen molar-refractivity contribution in [2.45, 2.75) is 31.6 Å². The minimum atomic E-state index is -1.26. The van der Waals surface area contributed by atoms with Crippen LogP contribution in [0.25, 0.3) is 0 Å². The number of ether oxygens (including phenoxy) is 5. The minimum absolute atomic E-state index is 0.526. The van der Waals surface area contributed by atoms with E-state index in [1.165, 1.54) is 0 Å². The second kappa shape index (κ2) is 18.0. The molecule has 0 amide bonds. The number of hydrogen-bond acceptors (Lipinski definition) is 9. The number of para-hydroxylation sites is 2. The number of aliphatic carboxylic acids is 2. The number of benzene rings is 2. The average Bonchev–Trinajstić information content (AvgIpc) is 2.97. The average molecular weight is 559 g/mol. The molecule has 0 bridgehead atoms. The quantitative estimate of drug-likeness (QED) is 0.202. The minimum Gasteiger partial charge on any atom is -0.493 e. The van der Waals surface area contributed by atoms with Crippen LogP contribution in [0.15, 0.2) is 48.6 Å². The van der Waals surface area contributed by atoms with Crippen LogP contribution in [0.4, 0.5) is 0 Å². The van der Waals surface area contributed by atoms with Gasteiger partial charge in [-0.1, -0.05) is 19.1 Å². The van der Waals surface area contributed by atoms with Crippen molar-refractivity contribution in [3.8, 4) is 34.8 Å². The lowest BCUT2D eigenvalue weighted by Crippen LogP contribution is -2.27. The summed E-state index contributed by atoms with van der Waals surface area (Å²) in [6, 6.07) is 13.9. The maximum Gasteiger partial charge on any atom is 0.328 e. The molecule has 0 aliphatic rings. The first kappa shape index (κ1) is 33.6. The molecule has 0 aromatic heterocycles. The normalized spacial score (nSPS) is 11.8. The SMILES string of the molecule is CCC(C#N)(CCCNCCOc1ccccc1OC)c1cc(OC)c(OC)c(OC)c1.O=C(O)/C=C/C(=O)O. The Morgan fingerprint density at radius 1 is 0.900 bits per heavy atom. The van der Waals surface area contributed by atoms with Crippen LogP contribution < -0.4 is 29.0 Å². The summed E-state index contributed by atoms with van der Waals surface area (Å²) in [7, 11) is 6.36. The number of carbonyl (C=O) groups is 2. The molecule has 0 saturated carbocycles. The summed E-state index contributed by atoms with van der Waals surface area (Å²) < 4.78 is 27.4. The highest BCUT2D eigenvalue weighted by molar-refractivity contribution is 5.89. The molecule has 11 nitrogen and oxygen atoms in total. The van der Waals surface area contributed by atoms with Gasteiger partial charge in [-0.2, -0.15) is 5.26 Å². The fourth-order valence-electron chi connectivity index (χ4n) is 3.84. The lowest BCUT2D eigenvalue weighted by Gasteiger charge is -2.27. The van der Waals surface area contributed by atoms with Crippen molar-refractivity contribution in [2.75, 3.05) is 48.1 Å². The molecule has 3 N–H and O–H groups in total. The summed E-state index contributed by atoms with van der Waals surface area (Å²) in [5.41, 5.74) is 0.235. The predicted octanol–water partition coefficient (Wildman–Crippen LogP) is 4.05. The molecule has 218 valence electrons. The first-order valence-electron chi connectivity index (χ1n) is 12.5. The summed E-state index contributed by atoms with van der Waals surface area (Å²) in [5.74, 6) is 0.578. The van der Waals surface area contributed by atoms with Crippen LogP contribution in [-0.4, -0.2) is 70.3 Å². The zero-order chi connectivity index (χ0) is 30.0. The number of nitrogens with one attached hydrogen (secondary N) is 1. The van der Waals surface area contributed by atoms with Gasteiger partial charge in [0.25, 0.3) is 0 Å². The first-order valence-corrected chi connectivity index (χ1v) is 12.5. The Balaban J connectivity index is 0.000000869. The van der Waals surface area contributed by atoms with Gasteiger partial charge in [0.2, 0.25) is 5.75 Å². The Kier molecular flexibility index (Phi) is 15.1. The number of carboxylic acids is 2. The van der Waals surface area contributed by atoms with Gasteiger partial charge < -0.3 is 39.2 Å². The molecule has 40 heavy (non-hydrogen) atoms. The smallest absolute Gasteiger partial charge is 0.328 e. The molecular formula is C29H38N2O9. The van der Waals surface area contributed by atoms with E-state index in [1.807, 2.05) is 43.3 Å². The summed E-state index contributed by atoms with van der Waals surface area (Å²) >= 11 is 0. The number of nitriles is 1. The van der Waals surface area contributed by atoms with Gasteiger partial charge in [-0.3, -0.25) is 0 Å². The molecule has 0 fully saturated rings. The van der Waals surface area contributed by atoms with Crippen molar-refractivity contribution in [1.82, 2.24) is 5.32 Å². The van der Waals surface area contributed by atoms with Crippen LogP contribution in [0.1, 0.15) is 31.7 Å². The number of rotatable bonds is 16. The molecule has 1 atom stereocenters. The Bertz CT molecular complexity index is 1120. The van der Waals surface area contributed by atoms with Crippen molar-refractivity contribution in [1.29, 1.82) is 5.26 Å². The standard InChI is InChI=1S/C25H34N2O5.C4H4O4/c1-6-25(18-26,19-16-22(29-3)24(31-5)23(17-19)30-4)12-9-13-27-14-15-32-21-11-8-7-10-20(21)28-2;5-3(6)1-2-4(7)8/h7-8,10-11,16-17,27H,6,9,12-15H2,1-5H3;1-2H,(H,5,6)(H,7,8)/b;2-1+. The Morgan fingerprint density at radius 3 is 1.90 bits per heavy atom. The van der Waals surface area contributed by atoms with Gasteiger partial charge in [0, 0.05) is 18.7 Å². The van der Waals surface area contributed by atoms with E-state index in [4.69, 9.17) is 33.9 Å². The number of carboxylic acid groups (broad SMARTS) is 2. The molecule has 0 heterocycles. The Hall–Kier alpha value is -4.43. The lowest BCUT2D eigenvalue weighted by atomic mass is 9.75. The fraction of sp³-hybridized carbons (Fsp3) is 0.414.